The summed E-state index contributed by atoms with van der Waals surface area (Å²) in [6.45, 7) is 18.9. The summed E-state index contributed by atoms with van der Waals surface area (Å²) in [4.78, 5) is 12.8. The van der Waals surface area contributed by atoms with Gasteiger partial charge in [0, 0.05) is 11.1 Å². The van der Waals surface area contributed by atoms with Crippen LogP contribution in [0.15, 0.2) is 34.3 Å². The van der Waals surface area contributed by atoms with E-state index < -0.39 is 0 Å². The van der Waals surface area contributed by atoms with Crippen LogP contribution in [0.4, 0.5) is 0 Å². The zero-order chi connectivity index (χ0) is 18.3. The molecule has 23 heavy (non-hydrogen) atoms. The van der Waals surface area contributed by atoms with Gasteiger partial charge in [0.25, 0.3) is 0 Å². The predicted octanol–water partition coefficient (Wildman–Crippen LogP) is 6.96. The van der Waals surface area contributed by atoms with E-state index in [2.05, 4.69) is 66.0 Å². The molecule has 0 spiro atoms. The van der Waals surface area contributed by atoms with Crippen LogP contribution in [0.5, 0.6) is 0 Å². The second-order valence-electron chi connectivity index (χ2n) is 7.79. The molecule has 1 aliphatic carbocycles. The van der Waals surface area contributed by atoms with Crippen molar-refractivity contribution in [2.45, 2.75) is 75.2 Å². The lowest BCUT2D eigenvalue weighted by Gasteiger charge is -2.31. The molecule has 0 aromatic heterocycles. The first-order valence-electron chi connectivity index (χ1n) is 8.88. The number of allylic oxidation sites excluding steroid dienone is 5. The largest absolute Gasteiger partial charge is 0.289 e. The van der Waals surface area contributed by atoms with Crippen LogP contribution in [0.3, 0.4) is 0 Å². The Kier molecular flexibility index (Phi) is 9.20. The maximum atomic E-state index is 12.8. The van der Waals surface area contributed by atoms with Crippen molar-refractivity contribution >= 4 is 17.5 Å². The Morgan fingerprint density at radius 1 is 0.957 bits per heavy atom. The Morgan fingerprint density at radius 2 is 1.39 bits per heavy atom. The number of thioether (sulfide) groups is 1. The summed E-state index contributed by atoms with van der Waals surface area (Å²) in [5.41, 5.74) is 2.80. The molecule has 0 heterocycles. The summed E-state index contributed by atoms with van der Waals surface area (Å²) in [5.74, 6) is 1.36. The number of hydrogen-bond acceptors (Lipinski definition) is 2. The molecule has 1 nitrogen and oxygen atoms in total. The van der Waals surface area contributed by atoms with Crippen molar-refractivity contribution < 1.29 is 4.79 Å². The lowest BCUT2D eigenvalue weighted by Crippen LogP contribution is -2.27. The van der Waals surface area contributed by atoms with E-state index in [1.54, 1.807) is 0 Å². The minimum absolute atomic E-state index is 0.116. The van der Waals surface area contributed by atoms with Crippen molar-refractivity contribution in [2.24, 2.45) is 10.8 Å². The second-order valence-corrected chi connectivity index (χ2v) is 8.76. The molecule has 0 amide bonds. The molecule has 0 saturated carbocycles. The van der Waals surface area contributed by atoms with E-state index in [-0.39, 0.29) is 16.6 Å². The molecular formula is C21H36OS. The summed E-state index contributed by atoms with van der Waals surface area (Å²) in [6, 6.07) is 0. The van der Waals surface area contributed by atoms with Gasteiger partial charge in [0.1, 0.15) is 0 Å². The van der Waals surface area contributed by atoms with Gasteiger partial charge in [-0.15, -0.1) is 11.8 Å². The zero-order valence-electron chi connectivity index (χ0n) is 16.7. The summed E-state index contributed by atoms with van der Waals surface area (Å²) in [5, 5.41) is 2.21. The third-order valence-corrected chi connectivity index (χ3v) is 4.53. The maximum absolute atomic E-state index is 12.8. The molecule has 1 rings (SSSR count). The molecule has 2 heteroatoms. The van der Waals surface area contributed by atoms with Crippen LogP contribution in [-0.2, 0) is 4.79 Å². The van der Waals surface area contributed by atoms with Crippen LogP contribution in [0.2, 0.25) is 0 Å². The molecule has 0 bridgehead atoms. The molecule has 0 fully saturated rings. The smallest absolute Gasteiger partial charge is 0.186 e. The molecule has 0 radical (unpaired) electrons. The Morgan fingerprint density at radius 3 is 1.74 bits per heavy atom. The van der Waals surface area contributed by atoms with Gasteiger partial charge >= 0.3 is 0 Å². The molecule has 0 N–H and O–H groups in total. The van der Waals surface area contributed by atoms with E-state index in [1.807, 2.05) is 25.6 Å². The number of hydrogen-bond donors (Lipinski definition) is 0. The molecular weight excluding hydrogens is 300 g/mol. The first-order chi connectivity index (χ1) is 10.6. The highest BCUT2D eigenvalue weighted by Gasteiger charge is 2.33. The van der Waals surface area contributed by atoms with Crippen molar-refractivity contribution in [1.82, 2.24) is 0 Å². The second kappa shape index (κ2) is 9.52. The Hall–Kier alpha value is -0.760. The van der Waals surface area contributed by atoms with Crippen LogP contribution in [0.25, 0.3) is 0 Å². The van der Waals surface area contributed by atoms with Crippen LogP contribution in [-0.4, -0.2) is 11.5 Å². The summed E-state index contributed by atoms with van der Waals surface area (Å²) < 4.78 is 0. The highest BCUT2D eigenvalue weighted by atomic mass is 32.2. The van der Waals surface area contributed by atoms with E-state index in [0.717, 1.165) is 16.9 Å². The summed E-state index contributed by atoms with van der Waals surface area (Å²) in [6.07, 6.45) is 6.62. The van der Waals surface area contributed by atoms with E-state index >= 15 is 0 Å². The molecule has 0 aromatic rings. The Labute approximate surface area is 148 Å². The maximum Gasteiger partial charge on any atom is 0.186 e. The van der Waals surface area contributed by atoms with Gasteiger partial charge in [0.05, 0.1) is 0 Å². The van der Waals surface area contributed by atoms with Gasteiger partial charge in [-0.05, 0) is 46.1 Å². The van der Waals surface area contributed by atoms with Crippen molar-refractivity contribution in [1.29, 1.82) is 0 Å². The van der Waals surface area contributed by atoms with Gasteiger partial charge in [-0.3, -0.25) is 4.79 Å². The van der Waals surface area contributed by atoms with E-state index in [4.69, 9.17) is 0 Å². The fraction of sp³-hybridized carbons (Fsp3) is 0.667. The fourth-order valence-electron chi connectivity index (χ4n) is 2.22. The first kappa shape index (κ1) is 22.2. The Balaban J connectivity index is 0.00000232. The summed E-state index contributed by atoms with van der Waals surface area (Å²) >= 11 is 1.85. The van der Waals surface area contributed by atoms with Gasteiger partial charge in [-0.25, -0.2) is 0 Å². The van der Waals surface area contributed by atoms with E-state index in [1.165, 1.54) is 18.4 Å². The molecule has 0 atom stereocenters. The zero-order valence-corrected chi connectivity index (χ0v) is 17.5. The SMILES string of the molecule is CC.CCCCSC=C1C=C(C(C)(C)C)C(=O)C(C(C)(C)C)=C1. The third-order valence-electron chi connectivity index (χ3n) is 3.56. The Bertz CT molecular complexity index is 443. The van der Waals surface area contributed by atoms with Crippen molar-refractivity contribution in [3.05, 3.63) is 34.3 Å². The standard InChI is InChI=1S/C19H30OS.C2H6/c1-8-9-10-21-13-14-11-15(18(2,3)4)17(20)16(12-14)19(5,6)7;1-2/h11-13H,8-10H2,1-7H3;1-2H3. The molecule has 0 saturated heterocycles. The molecule has 1 aliphatic rings. The topological polar surface area (TPSA) is 17.1 Å². The molecule has 0 unspecified atom stereocenters. The van der Waals surface area contributed by atoms with Gasteiger partial charge in [-0.1, -0.05) is 68.7 Å². The average Bonchev–Trinajstić information content (AvgIpc) is 2.44. The van der Waals surface area contributed by atoms with Gasteiger partial charge in [0.15, 0.2) is 5.78 Å². The van der Waals surface area contributed by atoms with Crippen LogP contribution in [0.1, 0.15) is 75.2 Å². The number of carbonyl (C=O) groups is 1. The number of ketones is 1. The molecule has 0 aromatic carbocycles. The molecule has 132 valence electrons. The quantitative estimate of drug-likeness (QED) is 0.516. The van der Waals surface area contributed by atoms with Crippen molar-refractivity contribution in [2.75, 3.05) is 5.75 Å². The third kappa shape index (κ3) is 7.12. The lowest BCUT2D eigenvalue weighted by atomic mass is 9.72. The van der Waals surface area contributed by atoms with Gasteiger partial charge < -0.3 is 0 Å². The number of carbonyl (C=O) groups excluding carboxylic acids is 1. The van der Waals surface area contributed by atoms with Gasteiger partial charge in [-0.2, -0.15) is 0 Å². The highest BCUT2D eigenvalue weighted by molar-refractivity contribution is 8.02. The van der Waals surface area contributed by atoms with Crippen molar-refractivity contribution in [3.63, 3.8) is 0 Å². The predicted molar refractivity (Wildman–Crippen MR) is 107 cm³/mol. The average molecular weight is 337 g/mol. The first-order valence-corrected chi connectivity index (χ1v) is 9.93. The minimum Gasteiger partial charge on any atom is -0.289 e. The number of rotatable bonds is 4. The number of Topliss-reactive ketones (excluding diaryl/α,β-unsaturated/α-hetero) is 1. The number of unbranched alkanes of at least 4 members (excludes halogenated alkanes) is 1. The molecule has 0 aliphatic heterocycles. The van der Waals surface area contributed by atoms with E-state index in [0.29, 0.717) is 0 Å². The lowest BCUT2D eigenvalue weighted by molar-refractivity contribution is -0.114. The fourth-order valence-corrected chi connectivity index (χ4v) is 3.12. The van der Waals surface area contributed by atoms with Crippen LogP contribution in [0, 0.1) is 10.8 Å². The van der Waals surface area contributed by atoms with Gasteiger partial charge in [0.2, 0.25) is 0 Å². The monoisotopic (exact) mass is 336 g/mol. The van der Waals surface area contributed by atoms with Crippen LogP contribution >= 0.6 is 11.8 Å². The highest BCUT2D eigenvalue weighted by Crippen LogP contribution is 2.39. The van der Waals surface area contributed by atoms with Crippen LogP contribution < -0.4 is 0 Å². The van der Waals surface area contributed by atoms with Crippen molar-refractivity contribution in [3.8, 4) is 0 Å². The normalized spacial score (nSPS) is 15.5. The summed E-state index contributed by atoms with van der Waals surface area (Å²) in [7, 11) is 0. The minimum atomic E-state index is -0.116. The van der Waals surface area contributed by atoms with E-state index in [9.17, 15) is 4.79 Å².